The van der Waals surface area contributed by atoms with Crippen molar-refractivity contribution in [2.75, 3.05) is 9.80 Å². The van der Waals surface area contributed by atoms with Crippen LogP contribution in [0.25, 0.3) is 5.57 Å². The van der Waals surface area contributed by atoms with E-state index in [1.807, 2.05) is 0 Å². The minimum atomic E-state index is 0.448. The Morgan fingerprint density at radius 3 is 1.52 bits per heavy atom. The van der Waals surface area contributed by atoms with E-state index < -0.39 is 0 Å². The Morgan fingerprint density at radius 2 is 1.04 bits per heavy atom. The fourth-order valence-corrected chi connectivity index (χ4v) is 7.60. The maximum Gasteiger partial charge on any atom is 0.0458 e. The largest absolute Gasteiger partial charge is 0.314 e. The molecule has 4 aliphatic carbocycles. The second-order valence-electron chi connectivity index (χ2n) is 13.5. The van der Waals surface area contributed by atoms with Crippen molar-refractivity contribution in [1.82, 2.24) is 0 Å². The van der Waals surface area contributed by atoms with Crippen LogP contribution in [-0.4, -0.2) is 0 Å². The molecule has 0 saturated carbocycles. The molecule has 0 saturated heterocycles. The third kappa shape index (κ3) is 6.93. The van der Waals surface area contributed by atoms with Crippen LogP contribution in [0.3, 0.4) is 0 Å². The Morgan fingerprint density at radius 1 is 0.480 bits per heavy atom. The number of para-hydroxylation sites is 2. The van der Waals surface area contributed by atoms with Crippen molar-refractivity contribution >= 4 is 28.3 Å². The predicted molar refractivity (Wildman–Crippen MR) is 213 cm³/mol. The molecule has 246 valence electrons. The van der Waals surface area contributed by atoms with E-state index in [0.29, 0.717) is 5.92 Å². The second-order valence-corrected chi connectivity index (χ2v) is 13.5. The highest BCUT2D eigenvalue weighted by Crippen LogP contribution is 2.40. The van der Waals surface area contributed by atoms with Gasteiger partial charge in [0, 0.05) is 40.1 Å². The van der Waals surface area contributed by atoms with Crippen LogP contribution in [0.15, 0.2) is 199 Å². The number of nitrogens with zero attached hydrogens (tertiary/aromatic N) is 2. The van der Waals surface area contributed by atoms with Crippen molar-refractivity contribution in [3.05, 3.63) is 210 Å². The van der Waals surface area contributed by atoms with Crippen molar-refractivity contribution in [2.45, 2.75) is 50.9 Å². The standard InChI is InChI=1S/C48H44N2/c1-5-13-37(14-6-1)39-21-29-46(30-22-39)50(47-31-23-40(24-32-47)38-15-7-2-8-16-38)48-35-27-42(28-36-48)41-25-33-45(34-26-41)49(43-17-9-3-10-18-43)44-19-11-4-12-20-44/h1,3-7,9-13,15-25,27,29-33,35,37H,2,8,14,26,28,34,36H2. The van der Waals surface area contributed by atoms with Crippen LogP contribution in [0.1, 0.15) is 62.0 Å². The van der Waals surface area contributed by atoms with Gasteiger partial charge in [0.25, 0.3) is 0 Å². The first kappa shape index (κ1) is 31.7. The van der Waals surface area contributed by atoms with Gasteiger partial charge in [-0.05, 0) is 133 Å². The van der Waals surface area contributed by atoms with E-state index in [-0.39, 0.29) is 0 Å². The molecule has 8 rings (SSSR count). The molecule has 4 aromatic rings. The summed E-state index contributed by atoms with van der Waals surface area (Å²) in [5.74, 6) is 0.448. The molecule has 0 amide bonds. The molecule has 4 aromatic carbocycles. The molecule has 1 unspecified atom stereocenters. The van der Waals surface area contributed by atoms with Gasteiger partial charge in [-0.1, -0.05) is 115 Å². The summed E-state index contributed by atoms with van der Waals surface area (Å²) in [6.45, 7) is 0. The van der Waals surface area contributed by atoms with Gasteiger partial charge in [0.05, 0.1) is 0 Å². The van der Waals surface area contributed by atoms with E-state index in [9.17, 15) is 0 Å². The number of benzene rings is 4. The Labute approximate surface area is 297 Å². The summed E-state index contributed by atoms with van der Waals surface area (Å²) in [7, 11) is 0. The first-order chi connectivity index (χ1) is 24.8. The van der Waals surface area contributed by atoms with Crippen molar-refractivity contribution in [2.24, 2.45) is 0 Å². The second kappa shape index (κ2) is 14.9. The molecule has 1 atom stereocenters. The van der Waals surface area contributed by atoms with Gasteiger partial charge in [-0.3, -0.25) is 0 Å². The lowest BCUT2D eigenvalue weighted by molar-refractivity contribution is 0.827. The average molecular weight is 649 g/mol. The van der Waals surface area contributed by atoms with E-state index in [1.165, 1.54) is 62.0 Å². The number of anilines is 4. The normalized spacial score (nSPS) is 18.4. The maximum absolute atomic E-state index is 2.47. The van der Waals surface area contributed by atoms with Gasteiger partial charge in [-0.25, -0.2) is 0 Å². The van der Waals surface area contributed by atoms with Crippen LogP contribution in [0, 0.1) is 0 Å². The van der Waals surface area contributed by atoms with E-state index in [0.717, 1.165) is 44.9 Å². The van der Waals surface area contributed by atoms with Crippen LogP contribution in [0.5, 0.6) is 0 Å². The zero-order valence-corrected chi connectivity index (χ0v) is 28.7. The molecule has 50 heavy (non-hydrogen) atoms. The molecule has 0 radical (unpaired) electrons. The molecule has 0 bridgehead atoms. The Hall–Kier alpha value is -5.60. The highest BCUT2D eigenvalue weighted by Gasteiger charge is 2.22. The fraction of sp³-hybridized carbons (Fsp3) is 0.167. The quantitative estimate of drug-likeness (QED) is 0.178. The lowest BCUT2D eigenvalue weighted by atomic mass is 9.89. The summed E-state index contributed by atoms with van der Waals surface area (Å²) in [5, 5.41) is 0. The molecule has 4 aliphatic rings. The molecule has 0 aromatic heterocycles. The molecule has 0 spiro atoms. The minimum absolute atomic E-state index is 0.448. The van der Waals surface area contributed by atoms with E-state index >= 15 is 0 Å². The monoisotopic (exact) mass is 648 g/mol. The summed E-state index contributed by atoms with van der Waals surface area (Å²) in [5.41, 5.74) is 14.4. The van der Waals surface area contributed by atoms with Gasteiger partial charge in [0.2, 0.25) is 0 Å². The van der Waals surface area contributed by atoms with Gasteiger partial charge < -0.3 is 9.80 Å². The van der Waals surface area contributed by atoms with Gasteiger partial charge in [-0.2, -0.15) is 0 Å². The highest BCUT2D eigenvalue weighted by atomic mass is 15.2. The van der Waals surface area contributed by atoms with Crippen LogP contribution >= 0.6 is 0 Å². The van der Waals surface area contributed by atoms with E-state index in [4.69, 9.17) is 0 Å². The molecule has 0 heterocycles. The molecular formula is C48H44N2. The highest BCUT2D eigenvalue weighted by molar-refractivity contribution is 5.77. The summed E-state index contributed by atoms with van der Waals surface area (Å²) in [6.07, 6.45) is 32.6. The lowest BCUT2D eigenvalue weighted by Crippen LogP contribution is -2.19. The third-order valence-corrected chi connectivity index (χ3v) is 10.3. The van der Waals surface area contributed by atoms with Gasteiger partial charge in [0.15, 0.2) is 0 Å². The number of hydrogen-bond acceptors (Lipinski definition) is 2. The van der Waals surface area contributed by atoms with Crippen molar-refractivity contribution in [3.63, 3.8) is 0 Å². The summed E-state index contributed by atoms with van der Waals surface area (Å²) >= 11 is 0. The predicted octanol–water partition coefficient (Wildman–Crippen LogP) is 13.2. The first-order valence-electron chi connectivity index (χ1n) is 18.2. The van der Waals surface area contributed by atoms with Crippen molar-refractivity contribution in [3.8, 4) is 0 Å². The SMILES string of the molecule is C1=CCC(c2ccc(N(C3=CC=C(C4=CC=C(N(c5ccccc5)c5ccccc5)CC4)CC3)c3ccc(C4=CCCC=C4)cc3)cc2)C=C1. The molecule has 2 nitrogen and oxygen atoms in total. The maximum atomic E-state index is 2.47. The molecule has 0 N–H and O–H groups in total. The van der Waals surface area contributed by atoms with Crippen LogP contribution in [0.4, 0.5) is 22.7 Å². The minimum Gasteiger partial charge on any atom is -0.314 e. The van der Waals surface area contributed by atoms with Gasteiger partial charge >= 0.3 is 0 Å². The van der Waals surface area contributed by atoms with Crippen LogP contribution < -0.4 is 9.80 Å². The topological polar surface area (TPSA) is 6.48 Å². The number of allylic oxidation sites excluding steroid dienone is 16. The van der Waals surface area contributed by atoms with Crippen LogP contribution in [0.2, 0.25) is 0 Å². The van der Waals surface area contributed by atoms with E-state index in [2.05, 4.69) is 186 Å². The number of rotatable bonds is 9. The summed E-state index contributed by atoms with van der Waals surface area (Å²) < 4.78 is 0. The molecular weight excluding hydrogens is 605 g/mol. The third-order valence-electron chi connectivity index (χ3n) is 10.3. The fourth-order valence-electron chi connectivity index (χ4n) is 7.60. The molecule has 0 fully saturated rings. The molecule has 0 aliphatic heterocycles. The Balaban J connectivity index is 1.08. The van der Waals surface area contributed by atoms with Crippen molar-refractivity contribution in [1.29, 1.82) is 0 Å². The average Bonchev–Trinajstić information content (AvgIpc) is 3.21. The first-order valence-corrected chi connectivity index (χ1v) is 18.2. The zero-order valence-electron chi connectivity index (χ0n) is 28.7. The summed E-state index contributed by atoms with van der Waals surface area (Å²) in [6, 6.07) is 39.9. The zero-order chi connectivity index (χ0) is 33.5. The Bertz CT molecular complexity index is 2010. The van der Waals surface area contributed by atoms with E-state index in [1.54, 1.807) is 0 Å². The van der Waals surface area contributed by atoms with Crippen LogP contribution in [-0.2, 0) is 0 Å². The van der Waals surface area contributed by atoms with Crippen molar-refractivity contribution < 1.29 is 0 Å². The number of hydrogen-bond donors (Lipinski definition) is 0. The van der Waals surface area contributed by atoms with Gasteiger partial charge in [0.1, 0.15) is 0 Å². The molecule has 2 heteroatoms. The Kier molecular flexibility index (Phi) is 9.42. The lowest BCUT2D eigenvalue weighted by Gasteiger charge is -2.32. The van der Waals surface area contributed by atoms with Gasteiger partial charge in [-0.15, -0.1) is 0 Å². The summed E-state index contributed by atoms with van der Waals surface area (Å²) in [4.78, 5) is 4.87. The smallest absolute Gasteiger partial charge is 0.0458 e.